The van der Waals surface area contributed by atoms with Gasteiger partial charge in [0.25, 0.3) is 6.01 Å². The zero-order chi connectivity index (χ0) is 23.5. The first-order chi connectivity index (χ1) is 16.6. The van der Waals surface area contributed by atoms with Crippen molar-refractivity contribution in [3.05, 3.63) is 78.2 Å². The Morgan fingerprint density at radius 1 is 1.00 bits per heavy atom. The van der Waals surface area contributed by atoms with Gasteiger partial charge in [-0.15, -0.1) is 0 Å². The Hall–Kier alpha value is -4.43. The van der Waals surface area contributed by atoms with Crippen molar-refractivity contribution in [3.8, 4) is 11.3 Å². The SMILES string of the molecule is CNCCC(=O)Nc1ccccc1N=c1cc(-c2ccc3nc(N)oc3c2)oc2ccccc12. The minimum Gasteiger partial charge on any atom is -0.456 e. The number of anilines is 2. The molecule has 0 saturated heterocycles. The molecule has 8 heteroatoms. The van der Waals surface area contributed by atoms with E-state index >= 15 is 0 Å². The van der Waals surface area contributed by atoms with Gasteiger partial charge < -0.3 is 25.2 Å². The Morgan fingerprint density at radius 3 is 2.71 bits per heavy atom. The van der Waals surface area contributed by atoms with Crippen molar-refractivity contribution in [1.29, 1.82) is 0 Å². The number of oxazole rings is 1. The molecule has 0 aliphatic heterocycles. The van der Waals surface area contributed by atoms with Crippen LogP contribution in [0.1, 0.15) is 6.42 Å². The summed E-state index contributed by atoms with van der Waals surface area (Å²) in [5.41, 5.74) is 9.73. The van der Waals surface area contributed by atoms with Crippen LogP contribution < -0.4 is 21.7 Å². The summed E-state index contributed by atoms with van der Waals surface area (Å²) in [6.07, 6.45) is 0.372. The van der Waals surface area contributed by atoms with Crippen molar-refractivity contribution in [2.75, 3.05) is 24.6 Å². The second kappa shape index (κ2) is 9.21. The highest BCUT2D eigenvalue weighted by Gasteiger charge is 2.11. The number of nitrogens with one attached hydrogen (secondary N) is 2. The molecule has 0 radical (unpaired) electrons. The maximum atomic E-state index is 12.3. The maximum Gasteiger partial charge on any atom is 0.292 e. The minimum atomic E-state index is -0.0785. The zero-order valence-corrected chi connectivity index (χ0v) is 18.5. The van der Waals surface area contributed by atoms with E-state index in [0.29, 0.717) is 52.1 Å². The van der Waals surface area contributed by atoms with E-state index in [4.69, 9.17) is 19.6 Å². The van der Waals surface area contributed by atoms with Crippen LogP contribution in [0, 0.1) is 0 Å². The van der Waals surface area contributed by atoms with Gasteiger partial charge in [0, 0.05) is 30.0 Å². The summed E-state index contributed by atoms with van der Waals surface area (Å²) in [5, 5.41) is 7.50. The number of aromatic nitrogens is 1. The standard InChI is InChI=1S/C26H23N5O3/c1-28-13-12-25(32)30-19-8-4-3-7-18(19)29-21-15-23(33-22-9-5-2-6-17(21)22)16-10-11-20-24(14-16)34-26(27)31-20/h2-11,14-15,28H,12-13H2,1H3,(H2,27,31)(H,30,32). The minimum absolute atomic E-state index is 0.0785. The molecule has 34 heavy (non-hydrogen) atoms. The molecule has 0 bridgehead atoms. The first-order valence-corrected chi connectivity index (χ1v) is 10.9. The monoisotopic (exact) mass is 453 g/mol. The van der Waals surface area contributed by atoms with Crippen LogP contribution in [0.25, 0.3) is 33.4 Å². The summed E-state index contributed by atoms with van der Waals surface area (Å²) in [6.45, 7) is 0.598. The number of rotatable bonds is 6. The maximum absolute atomic E-state index is 12.3. The predicted octanol–water partition coefficient (Wildman–Crippen LogP) is 4.60. The number of nitrogens with two attached hydrogens (primary N) is 1. The summed E-state index contributed by atoms with van der Waals surface area (Å²) in [7, 11) is 1.81. The first kappa shape index (κ1) is 21.4. The molecular formula is C26H23N5O3. The van der Waals surface area contributed by atoms with Crippen molar-refractivity contribution in [1.82, 2.24) is 10.3 Å². The molecule has 3 aromatic carbocycles. The molecule has 0 saturated carbocycles. The van der Waals surface area contributed by atoms with Gasteiger partial charge >= 0.3 is 0 Å². The predicted molar refractivity (Wildman–Crippen MR) is 132 cm³/mol. The van der Waals surface area contributed by atoms with Crippen LogP contribution in [0.4, 0.5) is 17.4 Å². The molecule has 170 valence electrons. The van der Waals surface area contributed by atoms with Crippen molar-refractivity contribution >= 4 is 45.4 Å². The molecule has 0 spiro atoms. The second-order valence-corrected chi connectivity index (χ2v) is 7.76. The van der Waals surface area contributed by atoms with E-state index in [1.807, 2.05) is 79.8 Å². The number of amides is 1. The van der Waals surface area contributed by atoms with Crippen molar-refractivity contribution in [2.24, 2.45) is 4.99 Å². The summed E-state index contributed by atoms with van der Waals surface area (Å²) in [6, 6.07) is 22.7. The van der Waals surface area contributed by atoms with Gasteiger partial charge in [-0.3, -0.25) is 4.79 Å². The van der Waals surface area contributed by atoms with Crippen LogP contribution >= 0.6 is 0 Å². The van der Waals surface area contributed by atoms with Gasteiger partial charge in [-0.1, -0.05) is 24.3 Å². The van der Waals surface area contributed by atoms with E-state index in [9.17, 15) is 4.79 Å². The number of carbonyl (C=O) groups is 1. The first-order valence-electron chi connectivity index (χ1n) is 10.9. The zero-order valence-electron chi connectivity index (χ0n) is 18.5. The Kier molecular flexibility index (Phi) is 5.80. The molecule has 0 aliphatic rings. The topological polar surface area (TPSA) is 119 Å². The fourth-order valence-electron chi connectivity index (χ4n) is 3.71. The van der Waals surface area contributed by atoms with Gasteiger partial charge in [-0.2, -0.15) is 4.98 Å². The smallest absolute Gasteiger partial charge is 0.292 e. The largest absolute Gasteiger partial charge is 0.456 e. The number of nitrogen functional groups attached to an aromatic ring is 1. The molecule has 0 unspecified atom stereocenters. The lowest BCUT2D eigenvalue weighted by atomic mass is 10.1. The number of hydrogen-bond acceptors (Lipinski definition) is 7. The van der Waals surface area contributed by atoms with Crippen LogP contribution in [-0.2, 0) is 4.79 Å². The quantitative estimate of drug-likeness (QED) is 0.346. The highest BCUT2D eigenvalue weighted by atomic mass is 16.4. The molecule has 2 heterocycles. The molecule has 0 aliphatic carbocycles. The molecule has 4 N–H and O–H groups in total. The normalized spacial score (nSPS) is 11.9. The molecule has 5 aromatic rings. The van der Waals surface area contributed by atoms with E-state index in [1.165, 1.54) is 0 Å². The number of fused-ring (bicyclic) bond motifs is 2. The number of benzene rings is 3. The van der Waals surface area contributed by atoms with Gasteiger partial charge in [0.05, 0.1) is 16.7 Å². The average Bonchev–Trinajstić information content (AvgIpc) is 3.23. The molecule has 0 atom stereocenters. The lowest BCUT2D eigenvalue weighted by molar-refractivity contribution is -0.116. The van der Waals surface area contributed by atoms with Gasteiger partial charge in [-0.25, -0.2) is 4.99 Å². The van der Waals surface area contributed by atoms with Gasteiger partial charge in [0.2, 0.25) is 5.91 Å². The Morgan fingerprint density at radius 2 is 1.82 bits per heavy atom. The number of hydrogen-bond donors (Lipinski definition) is 3. The third-order valence-corrected chi connectivity index (χ3v) is 5.36. The van der Waals surface area contributed by atoms with Crippen molar-refractivity contribution < 1.29 is 13.6 Å². The molecular weight excluding hydrogens is 430 g/mol. The molecule has 1 amide bonds. The average molecular weight is 454 g/mol. The highest BCUT2D eigenvalue weighted by molar-refractivity contribution is 5.94. The van der Waals surface area contributed by atoms with Crippen LogP contribution in [-0.4, -0.2) is 24.5 Å². The van der Waals surface area contributed by atoms with E-state index in [0.717, 1.165) is 10.9 Å². The molecule has 8 nitrogen and oxygen atoms in total. The summed E-state index contributed by atoms with van der Waals surface area (Å²) >= 11 is 0. The van der Waals surface area contributed by atoms with E-state index in [1.54, 1.807) is 0 Å². The van der Waals surface area contributed by atoms with Gasteiger partial charge in [0.15, 0.2) is 5.58 Å². The lowest BCUT2D eigenvalue weighted by Crippen LogP contribution is -2.18. The van der Waals surface area contributed by atoms with Crippen molar-refractivity contribution in [2.45, 2.75) is 6.42 Å². The lowest BCUT2D eigenvalue weighted by Gasteiger charge is -2.09. The van der Waals surface area contributed by atoms with Gasteiger partial charge in [0.1, 0.15) is 16.9 Å². The summed E-state index contributed by atoms with van der Waals surface area (Å²) < 4.78 is 11.7. The van der Waals surface area contributed by atoms with E-state index in [2.05, 4.69) is 15.6 Å². The van der Waals surface area contributed by atoms with E-state index < -0.39 is 0 Å². The summed E-state index contributed by atoms with van der Waals surface area (Å²) in [4.78, 5) is 21.4. The second-order valence-electron chi connectivity index (χ2n) is 7.76. The Labute approximate surface area is 195 Å². The molecule has 0 fully saturated rings. The van der Waals surface area contributed by atoms with Crippen LogP contribution in [0.3, 0.4) is 0 Å². The Balaban J connectivity index is 1.63. The summed E-state index contributed by atoms with van der Waals surface area (Å²) in [5.74, 6) is 0.537. The molecule has 5 rings (SSSR count). The van der Waals surface area contributed by atoms with Crippen LogP contribution in [0.2, 0.25) is 0 Å². The fourth-order valence-corrected chi connectivity index (χ4v) is 3.71. The Bertz CT molecular complexity index is 1570. The van der Waals surface area contributed by atoms with Crippen molar-refractivity contribution in [3.63, 3.8) is 0 Å². The van der Waals surface area contributed by atoms with Crippen LogP contribution in [0.15, 0.2) is 86.6 Å². The van der Waals surface area contributed by atoms with Gasteiger partial charge in [-0.05, 0) is 49.5 Å². The molecule has 2 aromatic heterocycles. The number of para-hydroxylation sites is 3. The third-order valence-electron chi connectivity index (χ3n) is 5.36. The number of nitrogens with zero attached hydrogens (tertiary/aromatic N) is 2. The van der Waals surface area contributed by atoms with Crippen LogP contribution in [0.5, 0.6) is 0 Å². The fraction of sp³-hybridized carbons (Fsp3) is 0.115. The highest BCUT2D eigenvalue weighted by Crippen LogP contribution is 2.28. The number of carbonyl (C=O) groups excluding carboxylic acids is 1. The third kappa shape index (κ3) is 4.39. The van der Waals surface area contributed by atoms with E-state index in [-0.39, 0.29) is 11.9 Å².